The average Bonchev–Trinajstić information content (AvgIpc) is 2.76. The summed E-state index contributed by atoms with van der Waals surface area (Å²) in [7, 11) is 1.37. The first-order valence-corrected chi connectivity index (χ1v) is 6.73. The zero-order valence-electron chi connectivity index (χ0n) is 9.56. The number of esters is 1. The smallest absolute Gasteiger partial charge is 0.337 e. The summed E-state index contributed by atoms with van der Waals surface area (Å²) >= 11 is 6.80. The molecular weight excluding hydrogens is 364 g/mol. The van der Waals surface area contributed by atoms with Crippen LogP contribution in [0.25, 0.3) is 0 Å². The Morgan fingerprint density at radius 2 is 2.22 bits per heavy atom. The van der Waals surface area contributed by atoms with Crippen molar-refractivity contribution in [2.45, 2.75) is 6.54 Å². The van der Waals surface area contributed by atoms with Crippen molar-refractivity contribution in [3.05, 3.63) is 50.7 Å². The number of methoxy groups -OCH3 is 1. The van der Waals surface area contributed by atoms with E-state index in [9.17, 15) is 4.79 Å². The summed E-state index contributed by atoms with van der Waals surface area (Å²) in [6.45, 7) is 0.633. The molecule has 0 bridgehead atoms. The molecule has 0 spiro atoms. The minimum absolute atomic E-state index is 0.343. The van der Waals surface area contributed by atoms with Gasteiger partial charge in [-0.15, -0.1) is 0 Å². The third-order valence-corrected chi connectivity index (χ3v) is 3.56. The number of aromatic nitrogens is 2. The van der Waals surface area contributed by atoms with Crippen LogP contribution in [0.5, 0.6) is 0 Å². The Labute approximate surface area is 121 Å². The molecule has 0 atom stereocenters. The first-order valence-electron chi connectivity index (χ1n) is 5.15. The molecule has 2 rings (SSSR count). The van der Waals surface area contributed by atoms with E-state index in [1.807, 2.05) is 16.9 Å². The standard InChI is InChI=1S/C12H10Br2N2O2/c1-18-12(17)8-2-3-9(11(14)4-8)6-16-7-10(13)5-15-16/h2-5,7H,6H2,1H3. The molecule has 0 amide bonds. The van der Waals surface area contributed by atoms with E-state index in [2.05, 4.69) is 41.7 Å². The summed E-state index contributed by atoms with van der Waals surface area (Å²) < 4.78 is 8.27. The lowest BCUT2D eigenvalue weighted by Gasteiger charge is -2.06. The van der Waals surface area contributed by atoms with Gasteiger partial charge in [-0.2, -0.15) is 5.10 Å². The normalized spacial score (nSPS) is 10.4. The molecule has 94 valence electrons. The topological polar surface area (TPSA) is 44.1 Å². The fourth-order valence-corrected chi connectivity index (χ4v) is 2.35. The van der Waals surface area contributed by atoms with Crippen molar-refractivity contribution in [1.82, 2.24) is 9.78 Å². The van der Waals surface area contributed by atoms with Gasteiger partial charge in [-0.05, 0) is 33.6 Å². The summed E-state index contributed by atoms with van der Waals surface area (Å²) in [5.41, 5.74) is 1.56. The molecule has 0 fully saturated rings. The summed E-state index contributed by atoms with van der Waals surface area (Å²) in [5, 5.41) is 4.18. The van der Waals surface area contributed by atoms with Crippen LogP contribution >= 0.6 is 31.9 Å². The molecule has 0 unspecified atom stereocenters. The van der Waals surface area contributed by atoms with Crippen LogP contribution in [-0.2, 0) is 11.3 Å². The monoisotopic (exact) mass is 372 g/mol. The van der Waals surface area contributed by atoms with Gasteiger partial charge in [0.05, 0.1) is 29.9 Å². The number of nitrogens with zero attached hydrogens (tertiary/aromatic N) is 2. The second kappa shape index (κ2) is 5.67. The van der Waals surface area contributed by atoms with Crippen molar-refractivity contribution in [3.8, 4) is 0 Å². The van der Waals surface area contributed by atoms with Crippen molar-refractivity contribution >= 4 is 37.8 Å². The molecule has 2 aromatic rings. The zero-order valence-corrected chi connectivity index (χ0v) is 12.7. The van der Waals surface area contributed by atoms with E-state index in [-0.39, 0.29) is 5.97 Å². The average molecular weight is 374 g/mol. The van der Waals surface area contributed by atoms with Crippen LogP contribution in [0.2, 0.25) is 0 Å². The van der Waals surface area contributed by atoms with Crippen LogP contribution in [0.1, 0.15) is 15.9 Å². The van der Waals surface area contributed by atoms with Crippen LogP contribution in [0.4, 0.5) is 0 Å². The number of rotatable bonds is 3. The Hall–Kier alpha value is -1.14. The fraction of sp³-hybridized carbons (Fsp3) is 0.167. The second-order valence-corrected chi connectivity index (χ2v) is 5.42. The van der Waals surface area contributed by atoms with E-state index >= 15 is 0 Å². The van der Waals surface area contributed by atoms with Crippen molar-refractivity contribution in [2.24, 2.45) is 0 Å². The maximum Gasteiger partial charge on any atom is 0.337 e. The lowest BCUT2D eigenvalue weighted by Crippen LogP contribution is -2.04. The van der Waals surface area contributed by atoms with Gasteiger partial charge in [0.15, 0.2) is 0 Å². The lowest BCUT2D eigenvalue weighted by molar-refractivity contribution is 0.0600. The number of ether oxygens (including phenoxy) is 1. The molecule has 0 aliphatic heterocycles. The van der Waals surface area contributed by atoms with E-state index in [1.54, 1.807) is 18.3 Å². The first kappa shape index (κ1) is 13.3. The lowest BCUT2D eigenvalue weighted by atomic mass is 10.1. The van der Waals surface area contributed by atoms with Gasteiger partial charge in [0, 0.05) is 10.7 Å². The molecule has 18 heavy (non-hydrogen) atoms. The van der Waals surface area contributed by atoms with Gasteiger partial charge in [0.25, 0.3) is 0 Å². The van der Waals surface area contributed by atoms with Crippen molar-refractivity contribution in [3.63, 3.8) is 0 Å². The molecule has 1 aromatic heterocycles. The van der Waals surface area contributed by atoms with Crippen LogP contribution in [0.3, 0.4) is 0 Å². The maximum absolute atomic E-state index is 11.4. The Morgan fingerprint density at radius 1 is 1.44 bits per heavy atom. The molecule has 4 nitrogen and oxygen atoms in total. The highest BCUT2D eigenvalue weighted by molar-refractivity contribution is 9.10. The van der Waals surface area contributed by atoms with E-state index in [1.165, 1.54) is 7.11 Å². The van der Waals surface area contributed by atoms with Crippen LogP contribution in [0, 0.1) is 0 Å². The molecule has 1 aromatic carbocycles. The summed E-state index contributed by atoms with van der Waals surface area (Å²) in [4.78, 5) is 11.4. The molecule has 0 aliphatic rings. The van der Waals surface area contributed by atoms with E-state index in [0.29, 0.717) is 12.1 Å². The minimum Gasteiger partial charge on any atom is -0.465 e. The third kappa shape index (κ3) is 3.00. The molecule has 6 heteroatoms. The second-order valence-electron chi connectivity index (χ2n) is 3.65. The van der Waals surface area contributed by atoms with Crippen LogP contribution in [0.15, 0.2) is 39.5 Å². The molecule has 0 saturated heterocycles. The quantitative estimate of drug-likeness (QED) is 0.775. The van der Waals surface area contributed by atoms with Crippen LogP contribution < -0.4 is 0 Å². The van der Waals surface area contributed by atoms with E-state index in [4.69, 9.17) is 0 Å². The summed E-state index contributed by atoms with van der Waals surface area (Å²) in [6, 6.07) is 5.37. The predicted molar refractivity (Wildman–Crippen MR) is 74.5 cm³/mol. The van der Waals surface area contributed by atoms with Gasteiger partial charge in [-0.25, -0.2) is 4.79 Å². The summed E-state index contributed by atoms with van der Waals surface area (Å²) in [5.74, 6) is -0.343. The highest BCUT2D eigenvalue weighted by atomic mass is 79.9. The van der Waals surface area contributed by atoms with E-state index < -0.39 is 0 Å². The summed E-state index contributed by atoms with van der Waals surface area (Å²) in [6.07, 6.45) is 3.62. The fourth-order valence-electron chi connectivity index (χ4n) is 1.52. The molecule has 0 N–H and O–H groups in total. The van der Waals surface area contributed by atoms with Crippen molar-refractivity contribution in [1.29, 1.82) is 0 Å². The van der Waals surface area contributed by atoms with Crippen LogP contribution in [-0.4, -0.2) is 22.9 Å². The number of halogens is 2. The Morgan fingerprint density at radius 3 is 2.78 bits per heavy atom. The van der Waals surface area contributed by atoms with Gasteiger partial charge < -0.3 is 4.74 Å². The third-order valence-electron chi connectivity index (χ3n) is 2.41. The molecular formula is C12H10Br2N2O2. The minimum atomic E-state index is -0.343. The molecule has 0 radical (unpaired) electrons. The number of benzene rings is 1. The van der Waals surface area contributed by atoms with Gasteiger partial charge >= 0.3 is 5.97 Å². The SMILES string of the molecule is COC(=O)c1ccc(Cn2cc(Br)cn2)c(Br)c1. The highest BCUT2D eigenvalue weighted by Gasteiger charge is 2.09. The van der Waals surface area contributed by atoms with Gasteiger partial charge in [0.1, 0.15) is 0 Å². The first-order chi connectivity index (χ1) is 8.60. The largest absolute Gasteiger partial charge is 0.465 e. The predicted octanol–water partition coefficient (Wildman–Crippen LogP) is 3.24. The number of carbonyl (C=O) groups excluding carboxylic acids is 1. The van der Waals surface area contributed by atoms with Gasteiger partial charge in [-0.1, -0.05) is 22.0 Å². The number of hydrogen-bond acceptors (Lipinski definition) is 3. The Bertz CT molecular complexity index is 581. The Balaban J connectivity index is 2.22. The van der Waals surface area contributed by atoms with Gasteiger partial charge in [0.2, 0.25) is 0 Å². The molecule has 1 heterocycles. The molecule has 0 saturated carbocycles. The maximum atomic E-state index is 11.4. The number of hydrogen-bond donors (Lipinski definition) is 0. The molecule has 0 aliphatic carbocycles. The van der Waals surface area contributed by atoms with Crippen molar-refractivity contribution < 1.29 is 9.53 Å². The van der Waals surface area contributed by atoms with Crippen molar-refractivity contribution in [2.75, 3.05) is 7.11 Å². The highest BCUT2D eigenvalue weighted by Crippen LogP contribution is 2.20. The Kier molecular flexibility index (Phi) is 4.19. The van der Waals surface area contributed by atoms with Gasteiger partial charge in [-0.3, -0.25) is 4.68 Å². The van der Waals surface area contributed by atoms with E-state index in [0.717, 1.165) is 14.5 Å². The number of carbonyl (C=O) groups is 1. The zero-order chi connectivity index (χ0) is 13.1.